The third-order valence-corrected chi connectivity index (χ3v) is 8.47. The van der Waals surface area contributed by atoms with Crippen LogP contribution in [0.2, 0.25) is 0 Å². The molecule has 1 aromatic carbocycles. The minimum atomic E-state index is -2.73. The lowest BCUT2D eigenvalue weighted by atomic mass is 9.85. The van der Waals surface area contributed by atoms with Crippen LogP contribution in [0.25, 0.3) is 16.9 Å². The van der Waals surface area contributed by atoms with Gasteiger partial charge in [0.05, 0.1) is 24.2 Å². The fourth-order valence-electron chi connectivity index (χ4n) is 6.39. The Morgan fingerprint density at radius 1 is 1.00 bits per heavy atom. The average molecular weight is 526 g/mol. The van der Waals surface area contributed by atoms with Gasteiger partial charge in [-0.15, -0.1) is 0 Å². The number of aromatic nitrogens is 4. The van der Waals surface area contributed by atoms with Crippen molar-refractivity contribution in [1.29, 1.82) is 0 Å². The van der Waals surface area contributed by atoms with Crippen LogP contribution in [0.1, 0.15) is 57.7 Å². The van der Waals surface area contributed by atoms with E-state index in [1.54, 1.807) is 24.3 Å². The number of ether oxygens (including phenoxy) is 1. The molecule has 10 heteroatoms. The zero-order valence-corrected chi connectivity index (χ0v) is 22.0. The van der Waals surface area contributed by atoms with Crippen LogP contribution in [-0.2, 0) is 4.74 Å². The number of para-hydroxylation sites is 2. The summed E-state index contributed by atoms with van der Waals surface area (Å²) in [6, 6.07) is 10.4. The second-order valence-corrected chi connectivity index (χ2v) is 10.9. The number of alkyl halides is 2. The van der Waals surface area contributed by atoms with E-state index in [2.05, 4.69) is 27.0 Å². The Bertz CT molecular complexity index is 1240. The summed E-state index contributed by atoms with van der Waals surface area (Å²) in [6.07, 6.45) is 4.78. The minimum absolute atomic E-state index is 0.307. The van der Waals surface area contributed by atoms with Gasteiger partial charge >= 0.3 is 0 Å². The van der Waals surface area contributed by atoms with Crippen molar-refractivity contribution in [2.24, 2.45) is 5.92 Å². The highest BCUT2D eigenvalue weighted by molar-refractivity contribution is 5.78. The van der Waals surface area contributed by atoms with Crippen molar-refractivity contribution in [3.8, 4) is 5.82 Å². The van der Waals surface area contributed by atoms with Crippen molar-refractivity contribution < 1.29 is 13.5 Å². The highest BCUT2D eigenvalue weighted by Crippen LogP contribution is 2.33. The quantitative estimate of drug-likeness (QED) is 0.463. The first-order chi connectivity index (χ1) is 18.6. The van der Waals surface area contributed by atoms with Gasteiger partial charge in [0, 0.05) is 37.8 Å². The standard InChI is InChI=1S/C28H37F2N7O/c1-19-5-4-12-36(19)21-10-8-20(9-11-21)18-31-24-17-25(34-28(33-24)35-13-15-38-16-14-35)37-23-7-3-2-6-22(23)32-27(37)26(29)30/h2-3,6-7,17,19-21,26H,4-5,8-16,18H2,1H3,(H,31,33,34)/t19-,20-,21-/m1/s1. The molecule has 0 unspecified atom stereocenters. The van der Waals surface area contributed by atoms with Crippen LogP contribution in [0.15, 0.2) is 30.3 Å². The van der Waals surface area contributed by atoms with Gasteiger partial charge in [-0.2, -0.15) is 9.97 Å². The summed E-state index contributed by atoms with van der Waals surface area (Å²) in [4.78, 5) is 18.6. The van der Waals surface area contributed by atoms with Crippen LogP contribution in [0.4, 0.5) is 20.5 Å². The van der Waals surface area contributed by atoms with Crippen LogP contribution < -0.4 is 10.2 Å². The van der Waals surface area contributed by atoms with Gasteiger partial charge in [-0.05, 0) is 70.0 Å². The smallest absolute Gasteiger partial charge is 0.296 e. The third kappa shape index (κ3) is 5.20. The molecular formula is C28H37F2N7O. The number of rotatable bonds is 7. The minimum Gasteiger partial charge on any atom is -0.378 e. The van der Waals surface area contributed by atoms with Gasteiger partial charge in [0.15, 0.2) is 5.82 Å². The normalized spacial score (nSPS) is 24.9. The van der Waals surface area contributed by atoms with Gasteiger partial charge < -0.3 is 15.0 Å². The lowest BCUT2D eigenvalue weighted by Crippen LogP contribution is -2.40. The third-order valence-electron chi connectivity index (χ3n) is 8.47. The van der Waals surface area contributed by atoms with E-state index >= 15 is 0 Å². The second-order valence-electron chi connectivity index (χ2n) is 10.9. The van der Waals surface area contributed by atoms with E-state index < -0.39 is 6.43 Å². The molecule has 3 fully saturated rings. The Kier molecular flexibility index (Phi) is 7.43. The molecule has 0 amide bonds. The summed E-state index contributed by atoms with van der Waals surface area (Å²) < 4.78 is 35.2. The SMILES string of the molecule is C[C@@H]1CCCN1[C@H]1CC[C@H](CNc2cc(-n3c(C(F)F)nc4ccccc43)nc(N3CCOCC3)n2)CC1. The van der Waals surface area contributed by atoms with Crippen LogP contribution in [-0.4, -0.2) is 75.9 Å². The molecule has 0 radical (unpaired) electrons. The van der Waals surface area contributed by atoms with Crippen molar-refractivity contribution in [2.45, 2.75) is 64.0 Å². The number of benzene rings is 1. The molecule has 38 heavy (non-hydrogen) atoms. The molecule has 1 aliphatic carbocycles. The molecule has 0 bridgehead atoms. The lowest BCUT2D eigenvalue weighted by Gasteiger charge is -2.37. The van der Waals surface area contributed by atoms with Gasteiger partial charge in [0.2, 0.25) is 5.95 Å². The highest BCUT2D eigenvalue weighted by atomic mass is 19.3. The molecule has 3 aromatic rings. The van der Waals surface area contributed by atoms with Gasteiger partial charge in [-0.1, -0.05) is 12.1 Å². The fraction of sp³-hybridized carbons (Fsp3) is 0.607. The molecule has 6 rings (SSSR count). The van der Waals surface area contributed by atoms with E-state index in [0.717, 1.165) is 6.54 Å². The molecule has 2 aliphatic heterocycles. The molecule has 8 nitrogen and oxygen atoms in total. The largest absolute Gasteiger partial charge is 0.378 e. The van der Waals surface area contributed by atoms with Crippen LogP contribution in [0.3, 0.4) is 0 Å². The summed E-state index contributed by atoms with van der Waals surface area (Å²) in [6.45, 7) is 6.92. The van der Waals surface area contributed by atoms with E-state index in [4.69, 9.17) is 14.7 Å². The van der Waals surface area contributed by atoms with E-state index in [1.807, 2.05) is 6.07 Å². The summed E-state index contributed by atoms with van der Waals surface area (Å²) in [5.74, 6) is 1.85. The maximum Gasteiger partial charge on any atom is 0.296 e. The molecule has 0 spiro atoms. The second kappa shape index (κ2) is 11.1. The van der Waals surface area contributed by atoms with Crippen molar-refractivity contribution >= 4 is 22.8 Å². The zero-order valence-electron chi connectivity index (χ0n) is 22.0. The van der Waals surface area contributed by atoms with Crippen molar-refractivity contribution in [3.05, 3.63) is 36.2 Å². The molecular weight excluding hydrogens is 488 g/mol. The topological polar surface area (TPSA) is 71.3 Å². The molecule has 1 atom stereocenters. The first kappa shape index (κ1) is 25.4. The highest BCUT2D eigenvalue weighted by Gasteiger charge is 2.31. The Morgan fingerprint density at radius 3 is 2.53 bits per heavy atom. The van der Waals surface area contributed by atoms with Crippen molar-refractivity contribution in [2.75, 3.05) is 49.6 Å². The molecule has 4 heterocycles. The maximum absolute atomic E-state index is 14.1. The van der Waals surface area contributed by atoms with Gasteiger partial charge in [0.1, 0.15) is 11.6 Å². The number of fused-ring (bicyclic) bond motifs is 1. The van der Waals surface area contributed by atoms with Crippen LogP contribution >= 0.6 is 0 Å². The average Bonchev–Trinajstić information content (AvgIpc) is 3.56. The monoisotopic (exact) mass is 525 g/mol. The summed E-state index contributed by atoms with van der Waals surface area (Å²) in [5, 5.41) is 3.54. The number of morpholine rings is 1. The van der Waals surface area contributed by atoms with E-state index in [1.165, 1.54) is 49.6 Å². The van der Waals surface area contributed by atoms with E-state index in [0.29, 0.717) is 72.9 Å². The predicted octanol–water partition coefficient (Wildman–Crippen LogP) is 5.04. The van der Waals surface area contributed by atoms with Crippen molar-refractivity contribution in [3.63, 3.8) is 0 Å². The number of nitrogens with one attached hydrogen (secondary N) is 1. The molecule has 1 saturated carbocycles. The number of hydrogen-bond acceptors (Lipinski definition) is 7. The van der Waals surface area contributed by atoms with Crippen molar-refractivity contribution in [1.82, 2.24) is 24.4 Å². The molecule has 2 saturated heterocycles. The fourth-order valence-corrected chi connectivity index (χ4v) is 6.39. The van der Waals surface area contributed by atoms with E-state index in [-0.39, 0.29) is 5.82 Å². The van der Waals surface area contributed by atoms with Gasteiger partial charge in [0.25, 0.3) is 6.43 Å². The molecule has 1 N–H and O–H groups in total. The Hall–Kier alpha value is -2.85. The Morgan fingerprint density at radius 2 is 1.79 bits per heavy atom. The maximum atomic E-state index is 14.1. The van der Waals surface area contributed by atoms with Crippen LogP contribution in [0.5, 0.6) is 0 Å². The molecule has 204 valence electrons. The molecule has 2 aromatic heterocycles. The lowest BCUT2D eigenvalue weighted by molar-refractivity contribution is 0.122. The number of anilines is 2. The van der Waals surface area contributed by atoms with E-state index in [9.17, 15) is 8.78 Å². The number of likely N-dealkylation sites (tertiary alicyclic amines) is 1. The number of hydrogen-bond donors (Lipinski definition) is 1. The van der Waals surface area contributed by atoms with Crippen LogP contribution in [0, 0.1) is 5.92 Å². The van der Waals surface area contributed by atoms with Gasteiger partial charge in [-0.25, -0.2) is 13.8 Å². The number of halogens is 2. The summed E-state index contributed by atoms with van der Waals surface area (Å²) in [5.41, 5.74) is 1.13. The first-order valence-corrected chi connectivity index (χ1v) is 14.0. The summed E-state index contributed by atoms with van der Waals surface area (Å²) in [7, 11) is 0. The zero-order chi connectivity index (χ0) is 26.1. The number of imidazole rings is 1. The first-order valence-electron chi connectivity index (χ1n) is 14.0. The Labute approximate surface area is 222 Å². The Balaban J connectivity index is 1.24. The summed E-state index contributed by atoms with van der Waals surface area (Å²) >= 11 is 0. The molecule has 3 aliphatic rings. The van der Waals surface area contributed by atoms with Gasteiger partial charge in [-0.3, -0.25) is 9.47 Å². The predicted molar refractivity (Wildman–Crippen MR) is 144 cm³/mol. The number of nitrogens with zero attached hydrogens (tertiary/aromatic N) is 6.